The van der Waals surface area contributed by atoms with Gasteiger partial charge in [0.1, 0.15) is 0 Å². The van der Waals surface area contributed by atoms with Crippen molar-refractivity contribution in [1.29, 1.82) is 0 Å². The molecule has 0 amide bonds. The molecule has 7 aromatic carbocycles. The highest BCUT2D eigenvalue weighted by Crippen LogP contribution is 2.43. The number of para-hydroxylation sites is 1. The van der Waals surface area contributed by atoms with Crippen molar-refractivity contribution < 1.29 is 0 Å². The fraction of sp³-hybridized carbons (Fsp3) is 0. The summed E-state index contributed by atoms with van der Waals surface area (Å²) in [7, 11) is 0. The monoisotopic (exact) mass is 572 g/mol. The topological polar surface area (TPSA) is 17.8 Å². The maximum Gasteiger partial charge on any atom is 0.0702 e. The minimum absolute atomic E-state index is 0.976. The maximum absolute atomic E-state index is 4.63. The third-order valence-electron chi connectivity index (χ3n) is 9.02. The molecule has 0 spiro atoms. The van der Waals surface area contributed by atoms with Gasteiger partial charge in [0, 0.05) is 28.2 Å². The molecule has 2 heteroatoms. The molecule has 0 aliphatic rings. The molecule has 2 heterocycles. The Balaban J connectivity index is 1.37. The van der Waals surface area contributed by atoms with E-state index in [1.165, 1.54) is 65.6 Å². The Hall–Kier alpha value is -5.99. The van der Waals surface area contributed by atoms with Crippen molar-refractivity contribution >= 4 is 43.4 Å². The van der Waals surface area contributed by atoms with E-state index in [1.807, 2.05) is 18.3 Å². The van der Waals surface area contributed by atoms with E-state index >= 15 is 0 Å². The van der Waals surface area contributed by atoms with Crippen LogP contribution in [0.25, 0.3) is 82.5 Å². The highest BCUT2D eigenvalue weighted by molar-refractivity contribution is 6.24. The third-order valence-corrected chi connectivity index (χ3v) is 9.02. The number of hydrogen-bond acceptors (Lipinski definition) is 1. The Labute approximate surface area is 261 Å². The number of fused-ring (bicyclic) bond motifs is 6. The lowest BCUT2D eigenvalue weighted by Crippen LogP contribution is -1.94. The van der Waals surface area contributed by atoms with Crippen LogP contribution in [-0.2, 0) is 0 Å². The summed E-state index contributed by atoms with van der Waals surface area (Å²) >= 11 is 0. The van der Waals surface area contributed by atoms with E-state index in [4.69, 9.17) is 0 Å². The number of hydrogen-bond donors (Lipinski definition) is 0. The second kappa shape index (κ2) is 10.3. The van der Waals surface area contributed by atoms with E-state index in [1.54, 1.807) is 0 Å². The minimum atomic E-state index is 0.976. The normalized spacial score (nSPS) is 11.6. The minimum Gasteiger partial charge on any atom is -0.309 e. The fourth-order valence-electron chi connectivity index (χ4n) is 7.00. The Morgan fingerprint density at radius 3 is 1.98 bits per heavy atom. The highest BCUT2D eigenvalue weighted by atomic mass is 15.0. The average Bonchev–Trinajstić information content (AvgIpc) is 3.45. The lowest BCUT2D eigenvalue weighted by Gasteiger charge is -2.13. The van der Waals surface area contributed by atoms with Crippen LogP contribution in [0, 0.1) is 0 Å². The van der Waals surface area contributed by atoms with Crippen LogP contribution in [0.4, 0.5) is 0 Å². The molecule has 9 rings (SSSR count). The van der Waals surface area contributed by atoms with Gasteiger partial charge in [0.05, 0.1) is 16.7 Å². The summed E-state index contributed by atoms with van der Waals surface area (Å²) in [6.45, 7) is 0. The molecule has 0 fully saturated rings. The molecule has 2 nitrogen and oxygen atoms in total. The van der Waals surface area contributed by atoms with Gasteiger partial charge in [0.2, 0.25) is 0 Å². The first-order chi connectivity index (χ1) is 22.3. The van der Waals surface area contributed by atoms with Crippen LogP contribution in [0.3, 0.4) is 0 Å². The molecule has 0 N–H and O–H groups in total. The molecule has 0 aliphatic heterocycles. The smallest absolute Gasteiger partial charge is 0.0702 e. The highest BCUT2D eigenvalue weighted by Gasteiger charge is 2.19. The van der Waals surface area contributed by atoms with Crippen molar-refractivity contribution in [1.82, 2.24) is 9.55 Å². The van der Waals surface area contributed by atoms with Gasteiger partial charge in [-0.25, -0.2) is 0 Å². The van der Waals surface area contributed by atoms with Gasteiger partial charge in [-0.2, -0.15) is 0 Å². The summed E-state index contributed by atoms with van der Waals surface area (Å²) in [6, 6.07) is 59.0. The van der Waals surface area contributed by atoms with Gasteiger partial charge in [-0.3, -0.25) is 4.98 Å². The summed E-state index contributed by atoms with van der Waals surface area (Å²) in [5.74, 6) is 0. The van der Waals surface area contributed by atoms with Crippen LogP contribution >= 0.6 is 0 Å². The van der Waals surface area contributed by atoms with E-state index in [2.05, 4.69) is 161 Å². The van der Waals surface area contributed by atoms with Gasteiger partial charge in [0.15, 0.2) is 0 Å². The number of nitrogens with zero attached hydrogens (tertiary/aromatic N) is 2. The van der Waals surface area contributed by atoms with E-state index in [-0.39, 0.29) is 0 Å². The lowest BCUT2D eigenvalue weighted by molar-refractivity contribution is 1.18. The zero-order valence-corrected chi connectivity index (χ0v) is 24.6. The number of rotatable bonds is 4. The van der Waals surface area contributed by atoms with E-state index < -0.39 is 0 Å². The summed E-state index contributed by atoms with van der Waals surface area (Å²) in [6.07, 6.45) is 1.86. The maximum atomic E-state index is 4.63. The van der Waals surface area contributed by atoms with Crippen LogP contribution in [0.1, 0.15) is 0 Å². The van der Waals surface area contributed by atoms with E-state index in [9.17, 15) is 0 Å². The average molecular weight is 573 g/mol. The Bertz CT molecular complexity index is 2520. The number of aromatic nitrogens is 2. The van der Waals surface area contributed by atoms with Gasteiger partial charge in [-0.1, -0.05) is 121 Å². The molecule has 2 aromatic heterocycles. The molecule has 210 valence electrons. The van der Waals surface area contributed by atoms with E-state index in [0.717, 1.165) is 16.9 Å². The van der Waals surface area contributed by atoms with Crippen LogP contribution in [0.5, 0.6) is 0 Å². The molecular weight excluding hydrogens is 544 g/mol. The SMILES string of the molecule is c1ccc(-n2c3cc(-c4cccc5ccccc45)ccc3c3c4ccccc4c(-c4cccc(-c5ccccn5)c4)cc32)cc1. The molecule has 0 bridgehead atoms. The van der Waals surface area contributed by atoms with Crippen LogP contribution in [-0.4, -0.2) is 9.55 Å². The second-order valence-electron chi connectivity index (χ2n) is 11.6. The van der Waals surface area contributed by atoms with E-state index in [0.29, 0.717) is 0 Å². The first kappa shape index (κ1) is 25.5. The third kappa shape index (κ3) is 4.15. The van der Waals surface area contributed by atoms with Crippen molar-refractivity contribution in [2.24, 2.45) is 0 Å². The molecule has 0 aliphatic carbocycles. The molecule has 0 atom stereocenters. The Morgan fingerprint density at radius 1 is 0.400 bits per heavy atom. The van der Waals surface area contributed by atoms with Crippen molar-refractivity contribution in [3.05, 3.63) is 170 Å². The molecule has 9 aromatic rings. The lowest BCUT2D eigenvalue weighted by atomic mass is 9.93. The van der Waals surface area contributed by atoms with Gasteiger partial charge in [0.25, 0.3) is 0 Å². The largest absolute Gasteiger partial charge is 0.309 e. The van der Waals surface area contributed by atoms with Crippen LogP contribution < -0.4 is 0 Å². The number of benzene rings is 7. The zero-order chi connectivity index (χ0) is 29.7. The summed E-state index contributed by atoms with van der Waals surface area (Å²) in [5.41, 5.74) is 10.5. The Kier molecular flexibility index (Phi) is 5.85. The van der Waals surface area contributed by atoms with Crippen molar-refractivity contribution in [2.45, 2.75) is 0 Å². The van der Waals surface area contributed by atoms with Gasteiger partial charge in [-0.15, -0.1) is 0 Å². The van der Waals surface area contributed by atoms with Crippen molar-refractivity contribution in [3.63, 3.8) is 0 Å². The number of pyridine rings is 1. The fourth-order valence-corrected chi connectivity index (χ4v) is 7.00. The summed E-state index contributed by atoms with van der Waals surface area (Å²) < 4.78 is 2.44. The standard InChI is InChI=1S/C43H28N2/c1-2-16-33(17-3-1)45-41-27-31(35-21-11-13-29-12-4-5-18-34(29)35)23-24-38(41)43-37-20-7-6-19-36(37)39(28-42(43)45)30-14-10-15-32(26-30)40-22-8-9-25-44-40/h1-28H. The molecule has 0 radical (unpaired) electrons. The van der Waals surface area contributed by atoms with Gasteiger partial charge < -0.3 is 4.57 Å². The molecule has 0 unspecified atom stereocenters. The molecule has 0 saturated carbocycles. The van der Waals surface area contributed by atoms with Crippen molar-refractivity contribution in [2.75, 3.05) is 0 Å². The van der Waals surface area contributed by atoms with Crippen LogP contribution in [0.2, 0.25) is 0 Å². The quantitative estimate of drug-likeness (QED) is 0.205. The van der Waals surface area contributed by atoms with Crippen molar-refractivity contribution in [3.8, 4) is 39.2 Å². The first-order valence-corrected chi connectivity index (χ1v) is 15.4. The molecule has 0 saturated heterocycles. The summed E-state index contributed by atoms with van der Waals surface area (Å²) in [5, 5.41) is 7.55. The Morgan fingerprint density at radius 2 is 1.11 bits per heavy atom. The van der Waals surface area contributed by atoms with Gasteiger partial charge >= 0.3 is 0 Å². The molecular formula is C43H28N2. The molecule has 45 heavy (non-hydrogen) atoms. The summed E-state index contributed by atoms with van der Waals surface area (Å²) in [4.78, 5) is 4.63. The van der Waals surface area contributed by atoms with Crippen LogP contribution in [0.15, 0.2) is 170 Å². The predicted molar refractivity (Wildman–Crippen MR) is 190 cm³/mol. The first-order valence-electron chi connectivity index (χ1n) is 15.4. The second-order valence-corrected chi connectivity index (χ2v) is 11.6. The zero-order valence-electron chi connectivity index (χ0n) is 24.6. The van der Waals surface area contributed by atoms with Gasteiger partial charge in [-0.05, 0) is 86.3 Å². The predicted octanol–water partition coefficient (Wildman–Crippen LogP) is 11.5.